The topological polar surface area (TPSA) is 95.8 Å². The highest BCUT2D eigenvalue weighted by Crippen LogP contribution is 2.26. The number of nitrogens with zero attached hydrogens (tertiary/aromatic N) is 1. The predicted molar refractivity (Wildman–Crippen MR) is 87.0 cm³/mol. The van der Waals surface area contributed by atoms with Gasteiger partial charge in [-0.3, -0.25) is 9.69 Å². The maximum absolute atomic E-state index is 12.4. The monoisotopic (exact) mass is 326 g/mol. The summed E-state index contributed by atoms with van der Waals surface area (Å²) in [7, 11) is 0. The lowest BCUT2D eigenvalue weighted by atomic mass is 10.1. The summed E-state index contributed by atoms with van der Waals surface area (Å²) in [6.45, 7) is 0.0200. The highest BCUT2D eigenvalue weighted by Gasteiger charge is 2.31. The summed E-state index contributed by atoms with van der Waals surface area (Å²) in [5.41, 5.74) is 0.873. The Hall–Kier alpha value is -3.06. The number of ether oxygens (including phenoxy) is 1. The van der Waals surface area contributed by atoms with Crippen LogP contribution in [0.2, 0.25) is 0 Å². The number of H-pyrrole nitrogens is 1. The molecule has 0 bridgehead atoms. The molecule has 7 nitrogen and oxygen atoms in total. The number of benzene rings is 1. The number of rotatable bonds is 3. The van der Waals surface area contributed by atoms with E-state index in [9.17, 15) is 9.59 Å². The summed E-state index contributed by atoms with van der Waals surface area (Å²) in [4.78, 5) is 28.4. The molecule has 2 aromatic heterocycles. The molecule has 3 aromatic rings. The van der Waals surface area contributed by atoms with E-state index in [0.29, 0.717) is 22.5 Å². The third-order valence-corrected chi connectivity index (χ3v) is 4.01. The second-order valence-electron chi connectivity index (χ2n) is 5.56. The zero-order valence-corrected chi connectivity index (χ0v) is 12.6. The lowest BCUT2D eigenvalue weighted by molar-refractivity contribution is 0.0963. The van der Waals surface area contributed by atoms with Crippen molar-refractivity contribution in [3.63, 3.8) is 0 Å². The van der Waals surface area contributed by atoms with Gasteiger partial charge < -0.3 is 19.2 Å². The van der Waals surface area contributed by atoms with Crippen LogP contribution in [-0.2, 0) is 4.74 Å². The largest absolute Gasteiger partial charge is 0.463 e. The van der Waals surface area contributed by atoms with E-state index in [0.717, 1.165) is 5.39 Å². The Labute approximate surface area is 136 Å². The number of hydrogen-bond acceptors (Lipinski definition) is 5. The van der Waals surface area contributed by atoms with E-state index in [4.69, 9.17) is 14.3 Å². The van der Waals surface area contributed by atoms with Gasteiger partial charge in [0.2, 0.25) is 0 Å². The van der Waals surface area contributed by atoms with Crippen LogP contribution in [0.25, 0.3) is 22.2 Å². The minimum atomic E-state index is -0.548. The molecule has 1 atom stereocenters. The van der Waals surface area contributed by atoms with Crippen LogP contribution in [0, 0.1) is 0 Å². The number of aromatic nitrogens is 1. The van der Waals surface area contributed by atoms with E-state index < -0.39 is 12.2 Å². The van der Waals surface area contributed by atoms with Gasteiger partial charge in [-0.05, 0) is 35.7 Å². The third kappa shape index (κ3) is 2.35. The molecule has 1 unspecified atom stereocenters. The average Bonchev–Trinajstić information content (AvgIpc) is 3.24. The van der Waals surface area contributed by atoms with Gasteiger partial charge in [-0.25, -0.2) is 4.79 Å². The maximum atomic E-state index is 12.4. The summed E-state index contributed by atoms with van der Waals surface area (Å²) < 4.78 is 10.3. The molecule has 0 radical (unpaired) electrons. The minimum Gasteiger partial charge on any atom is -0.463 e. The molecule has 24 heavy (non-hydrogen) atoms. The second kappa shape index (κ2) is 5.54. The molecule has 1 saturated heterocycles. The lowest BCUT2D eigenvalue weighted by Gasteiger charge is -2.13. The molecule has 0 aliphatic carbocycles. The summed E-state index contributed by atoms with van der Waals surface area (Å²) in [5, 5.41) is 10.3. The van der Waals surface area contributed by atoms with Crippen LogP contribution in [0.1, 0.15) is 0 Å². The molecule has 7 heteroatoms. The van der Waals surface area contributed by atoms with Crippen molar-refractivity contribution in [3.05, 3.63) is 53.0 Å². The normalized spacial score (nSPS) is 17.5. The molecule has 1 aromatic carbocycles. The van der Waals surface area contributed by atoms with Gasteiger partial charge in [0, 0.05) is 11.1 Å². The van der Waals surface area contributed by atoms with Gasteiger partial charge in [-0.2, -0.15) is 0 Å². The fourth-order valence-electron chi connectivity index (χ4n) is 2.81. The number of amides is 1. The van der Waals surface area contributed by atoms with Crippen molar-refractivity contribution >= 4 is 22.6 Å². The van der Waals surface area contributed by atoms with Crippen molar-refractivity contribution in [1.29, 1.82) is 0 Å². The average molecular weight is 326 g/mol. The molecular formula is C17H14N2O5. The first-order chi connectivity index (χ1) is 11.7. The molecular weight excluding hydrogens is 312 g/mol. The van der Waals surface area contributed by atoms with Crippen molar-refractivity contribution < 1.29 is 19.1 Å². The van der Waals surface area contributed by atoms with E-state index in [1.54, 1.807) is 30.3 Å². The first kappa shape index (κ1) is 14.5. The molecule has 2 N–H and O–H groups in total. The fraction of sp³-hybridized carbons (Fsp3) is 0.176. The van der Waals surface area contributed by atoms with Crippen LogP contribution in [0.3, 0.4) is 0 Å². The molecule has 1 aliphatic rings. The molecule has 1 amide bonds. The first-order valence-electron chi connectivity index (χ1n) is 7.45. The van der Waals surface area contributed by atoms with Crippen LogP contribution >= 0.6 is 0 Å². The maximum Gasteiger partial charge on any atom is 0.414 e. The number of pyridine rings is 1. The Morgan fingerprint density at radius 2 is 2.12 bits per heavy atom. The van der Waals surface area contributed by atoms with Crippen molar-refractivity contribution in [2.45, 2.75) is 6.10 Å². The molecule has 3 heterocycles. The van der Waals surface area contributed by atoms with Gasteiger partial charge in [-0.15, -0.1) is 0 Å². The molecule has 4 rings (SSSR count). The Kier molecular flexibility index (Phi) is 3.35. The quantitative estimate of drug-likeness (QED) is 0.768. The van der Waals surface area contributed by atoms with E-state index in [-0.39, 0.29) is 18.7 Å². The summed E-state index contributed by atoms with van der Waals surface area (Å²) in [5.74, 6) is 0.576. The number of aliphatic hydroxyl groups excluding tert-OH is 1. The zero-order valence-electron chi connectivity index (χ0n) is 12.6. The van der Waals surface area contributed by atoms with E-state index in [1.807, 2.05) is 6.07 Å². The second-order valence-corrected chi connectivity index (χ2v) is 5.56. The van der Waals surface area contributed by atoms with Gasteiger partial charge in [0.15, 0.2) is 0 Å². The van der Waals surface area contributed by atoms with Gasteiger partial charge in [-0.1, -0.05) is 6.07 Å². The number of hydrogen-bond donors (Lipinski definition) is 2. The minimum absolute atomic E-state index is 0.233. The van der Waals surface area contributed by atoms with Crippen molar-refractivity contribution in [2.75, 3.05) is 18.1 Å². The number of furan rings is 1. The number of carbonyl (C=O) groups is 1. The third-order valence-electron chi connectivity index (χ3n) is 4.01. The Bertz CT molecular complexity index is 961. The standard InChI is InChI=1S/C17H14N2O5/c20-9-12-8-19(17(22)24-12)11-4-3-10-6-14(15-2-1-5-23-15)18-16(21)13(10)7-11/h1-7,12,20H,8-9H2,(H,18,21). The summed E-state index contributed by atoms with van der Waals surface area (Å²) >= 11 is 0. The van der Waals surface area contributed by atoms with Gasteiger partial charge in [0.05, 0.1) is 25.1 Å². The van der Waals surface area contributed by atoms with Crippen molar-refractivity contribution in [2.24, 2.45) is 0 Å². The number of cyclic esters (lactones) is 1. The Morgan fingerprint density at radius 1 is 1.25 bits per heavy atom. The molecule has 1 aliphatic heterocycles. The summed E-state index contributed by atoms with van der Waals surface area (Å²) in [6.07, 6.45) is 0.460. The van der Waals surface area contributed by atoms with Gasteiger partial charge >= 0.3 is 6.09 Å². The Morgan fingerprint density at radius 3 is 2.83 bits per heavy atom. The highest BCUT2D eigenvalue weighted by atomic mass is 16.6. The SMILES string of the molecule is O=C1OC(CO)CN1c1ccc2cc(-c3ccco3)[nH]c(=O)c2c1. The van der Waals surface area contributed by atoms with Crippen LogP contribution in [0.15, 0.2) is 51.9 Å². The number of carbonyl (C=O) groups excluding carboxylic acids is 1. The Balaban J connectivity index is 1.77. The number of aliphatic hydroxyl groups is 1. The van der Waals surface area contributed by atoms with E-state index >= 15 is 0 Å². The summed E-state index contributed by atoms with van der Waals surface area (Å²) in [6, 6.07) is 10.5. The smallest absolute Gasteiger partial charge is 0.414 e. The van der Waals surface area contributed by atoms with Gasteiger partial charge in [0.25, 0.3) is 5.56 Å². The number of nitrogens with one attached hydrogen (secondary N) is 1. The van der Waals surface area contributed by atoms with Crippen molar-refractivity contribution in [3.8, 4) is 11.5 Å². The van der Waals surface area contributed by atoms with E-state index in [2.05, 4.69) is 4.98 Å². The fourth-order valence-corrected chi connectivity index (χ4v) is 2.81. The van der Waals surface area contributed by atoms with Crippen LogP contribution in [0.5, 0.6) is 0 Å². The predicted octanol–water partition coefficient (Wildman–Crippen LogP) is 2.11. The van der Waals surface area contributed by atoms with E-state index in [1.165, 1.54) is 11.2 Å². The molecule has 0 saturated carbocycles. The molecule has 0 spiro atoms. The number of anilines is 1. The first-order valence-corrected chi connectivity index (χ1v) is 7.45. The molecule has 1 fully saturated rings. The van der Waals surface area contributed by atoms with Crippen LogP contribution < -0.4 is 10.5 Å². The van der Waals surface area contributed by atoms with Crippen molar-refractivity contribution in [1.82, 2.24) is 4.98 Å². The van der Waals surface area contributed by atoms with Gasteiger partial charge in [0.1, 0.15) is 11.9 Å². The number of fused-ring (bicyclic) bond motifs is 1. The number of aromatic amines is 1. The zero-order chi connectivity index (χ0) is 16.7. The molecule has 122 valence electrons. The highest BCUT2D eigenvalue weighted by molar-refractivity contribution is 5.94. The van der Waals surface area contributed by atoms with Crippen LogP contribution in [0.4, 0.5) is 10.5 Å². The van der Waals surface area contributed by atoms with Crippen LogP contribution in [-0.4, -0.2) is 35.4 Å². The lowest BCUT2D eigenvalue weighted by Crippen LogP contribution is -2.25.